The number of halogens is 1. The van der Waals surface area contributed by atoms with Crippen LogP contribution >= 0.6 is 11.6 Å². The Labute approximate surface area is 186 Å². The van der Waals surface area contributed by atoms with Crippen molar-refractivity contribution in [3.8, 4) is 6.07 Å². The van der Waals surface area contributed by atoms with E-state index in [1.54, 1.807) is 24.3 Å². The molecule has 2 aromatic carbocycles. The lowest BCUT2D eigenvalue weighted by molar-refractivity contribution is -0.136. The van der Waals surface area contributed by atoms with Crippen molar-refractivity contribution in [1.82, 2.24) is 21.1 Å². The minimum atomic E-state index is -0.189. The van der Waals surface area contributed by atoms with Crippen LogP contribution in [0.25, 0.3) is 0 Å². The molecular weight excluding hydrogens is 414 g/mol. The number of hydrazine groups is 1. The second-order valence-electron chi connectivity index (χ2n) is 7.92. The molecule has 2 atom stereocenters. The summed E-state index contributed by atoms with van der Waals surface area (Å²) in [5, 5.41) is 12.6. The number of hydrogen-bond donors (Lipinski definition) is 3. The molecule has 2 unspecified atom stereocenters. The molecule has 2 aromatic rings. The lowest BCUT2D eigenvalue weighted by Crippen LogP contribution is -2.49. The Morgan fingerprint density at radius 1 is 1.06 bits per heavy atom. The highest BCUT2D eigenvalue weighted by atomic mass is 35.5. The summed E-state index contributed by atoms with van der Waals surface area (Å²) in [5.74, 6) is -0.221. The van der Waals surface area contributed by atoms with Gasteiger partial charge < -0.3 is 10.2 Å². The molecule has 0 bridgehead atoms. The molecule has 3 N–H and O–H groups in total. The summed E-state index contributed by atoms with van der Waals surface area (Å²) in [5.41, 5.74) is 8.40. The zero-order valence-corrected chi connectivity index (χ0v) is 17.7. The zero-order chi connectivity index (χ0) is 21.8. The van der Waals surface area contributed by atoms with E-state index in [2.05, 4.69) is 16.2 Å². The number of amides is 2. The summed E-state index contributed by atoms with van der Waals surface area (Å²) in [6.45, 7) is 1.80. The summed E-state index contributed by atoms with van der Waals surface area (Å²) in [4.78, 5) is 27.5. The highest BCUT2D eigenvalue weighted by Crippen LogP contribution is 2.28. The Hall–Kier alpha value is -2.92. The van der Waals surface area contributed by atoms with Gasteiger partial charge in [0.2, 0.25) is 5.91 Å². The first-order valence-corrected chi connectivity index (χ1v) is 10.8. The second-order valence-corrected chi connectivity index (χ2v) is 8.36. The molecule has 2 saturated heterocycles. The van der Waals surface area contributed by atoms with Crippen LogP contribution in [-0.2, 0) is 4.79 Å². The monoisotopic (exact) mass is 437 g/mol. The van der Waals surface area contributed by atoms with E-state index in [9.17, 15) is 9.59 Å². The molecule has 8 heteroatoms. The maximum atomic E-state index is 13.2. The first-order valence-electron chi connectivity index (χ1n) is 10.4. The van der Waals surface area contributed by atoms with Gasteiger partial charge in [0, 0.05) is 36.3 Å². The van der Waals surface area contributed by atoms with Crippen molar-refractivity contribution >= 4 is 23.4 Å². The Morgan fingerprint density at radius 2 is 1.74 bits per heavy atom. The van der Waals surface area contributed by atoms with Crippen LogP contribution in [0.4, 0.5) is 0 Å². The number of hydrogen-bond acceptors (Lipinski definition) is 5. The van der Waals surface area contributed by atoms with Gasteiger partial charge in [-0.2, -0.15) is 5.26 Å². The van der Waals surface area contributed by atoms with Crippen LogP contribution in [0.15, 0.2) is 48.5 Å². The number of rotatable bonds is 4. The van der Waals surface area contributed by atoms with Crippen molar-refractivity contribution < 1.29 is 9.59 Å². The van der Waals surface area contributed by atoms with Crippen molar-refractivity contribution in [3.05, 3.63) is 70.2 Å². The van der Waals surface area contributed by atoms with E-state index in [4.69, 9.17) is 16.9 Å². The van der Waals surface area contributed by atoms with Crippen molar-refractivity contribution in [2.45, 2.75) is 24.9 Å². The molecule has 2 heterocycles. The predicted octanol–water partition coefficient (Wildman–Crippen LogP) is 2.40. The van der Waals surface area contributed by atoms with Crippen LogP contribution in [0.2, 0.25) is 5.02 Å². The van der Waals surface area contributed by atoms with Gasteiger partial charge in [-0.3, -0.25) is 15.0 Å². The lowest BCUT2D eigenvalue weighted by atomic mass is 9.92. The van der Waals surface area contributed by atoms with Crippen LogP contribution in [0.5, 0.6) is 0 Å². The van der Waals surface area contributed by atoms with Gasteiger partial charge in [0.15, 0.2) is 0 Å². The topological polar surface area (TPSA) is 97.3 Å². The van der Waals surface area contributed by atoms with Crippen LogP contribution in [0.3, 0.4) is 0 Å². The molecule has 2 amide bonds. The summed E-state index contributed by atoms with van der Waals surface area (Å²) in [6, 6.07) is 16.1. The van der Waals surface area contributed by atoms with Crippen LogP contribution in [0.1, 0.15) is 40.4 Å². The fourth-order valence-corrected chi connectivity index (χ4v) is 4.28. The third-order valence-corrected chi connectivity index (χ3v) is 6.20. The summed E-state index contributed by atoms with van der Waals surface area (Å²) >= 11 is 5.99. The standard InChI is InChI=1S/C23H24ClN5O2/c24-18-7-5-16(6-8-18)21-20(14-26-28-21)23(31)29-11-9-19(10-12-29)27-22(30)17-3-1-15(13-25)2-4-17/h1-8,19-21,26,28H,9-12,14H2,(H,27,30). The Bertz CT molecular complexity index is 979. The maximum absolute atomic E-state index is 13.2. The van der Waals surface area contributed by atoms with E-state index in [-0.39, 0.29) is 29.8 Å². The van der Waals surface area contributed by atoms with Crippen molar-refractivity contribution in [3.63, 3.8) is 0 Å². The first-order chi connectivity index (χ1) is 15.0. The van der Waals surface area contributed by atoms with Gasteiger partial charge in [0.1, 0.15) is 0 Å². The van der Waals surface area contributed by atoms with Gasteiger partial charge in [-0.15, -0.1) is 0 Å². The molecule has 2 aliphatic rings. The van der Waals surface area contributed by atoms with Crippen molar-refractivity contribution in [1.29, 1.82) is 5.26 Å². The number of nitriles is 1. The average molecular weight is 438 g/mol. The van der Waals surface area contributed by atoms with E-state index in [1.807, 2.05) is 35.2 Å². The highest BCUT2D eigenvalue weighted by molar-refractivity contribution is 6.30. The normalized spacial score (nSPS) is 21.5. The zero-order valence-electron chi connectivity index (χ0n) is 17.0. The van der Waals surface area contributed by atoms with E-state index in [0.717, 1.165) is 5.56 Å². The molecule has 0 aromatic heterocycles. The number of carbonyl (C=O) groups excluding carboxylic acids is 2. The molecule has 7 nitrogen and oxygen atoms in total. The van der Waals surface area contributed by atoms with Gasteiger partial charge in [0.05, 0.1) is 23.6 Å². The quantitative estimate of drug-likeness (QED) is 0.682. The highest BCUT2D eigenvalue weighted by Gasteiger charge is 2.37. The molecule has 0 saturated carbocycles. The Kier molecular flexibility index (Phi) is 6.52. The third kappa shape index (κ3) is 4.88. The summed E-state index contributed by atoms with van der Waals surface area (Å²) in [7, 11) is 0. The van der Waals surface area contributed by atoms with Gasteiger partial charge in [0.25, 0.3) is 5.91 Å². The van der Waals surface area contributed by atoms with Gasteiger partial charge in [-0.25, -0.2) is 5.43 Å². The minimum Gasteiger partial charge on any atom is -0.349 e. The van der Waals surface area contributed by atoms with E-state index in [1.165, 1.54) is 0 Å². The summed E-state index contributed by atoms with van der Waals surface area (Å²) in [6.07, 6.45) is 1.43. The molecule has 4 rings (SSSR count). The van der Waals surface area contributed by atoms with E-state index < -0.39 is 0 Å². The molecule has 2 fully saturated rings. The Morgan fingerprint density at radius 3 is 2.39 bits per heavy atom. The van der Waals surface area contributed by atoms with Crippen molar-refractivity contribution in [2.24, 2.45) is 5.92 Å². The molecule has 160 valence electrons. The first kappa shape index (κ1) is 21.3. The number of carbonyl (C=O) groups is 2. The molecular formula is C23H24ClN5O2. The van der Waals surface area contributed by atoms with Crippen LogP contribution in [-0.4, -0.2) is 42.4 Å². The minimum absolute atomic E-state index is 0.0269. The second kappa shape index (κ2) is 9.48. The number of piperidine rings is 1. The van der Waals surface area contributed by atoms with E-state index >= 15 is 0 Å². The number of nitrogens with one attached hydrogen (secondary N) is 3. The SMILES string of the molecule is N#Cc1ccc(C(=O)NC2CCN(C(=O)C3CNNC3c3ccc(Cl)cc3)CC2)cc1. The largest absolute Gasteiger partial charge is 0.349 e. The van der Waals surface area contributed by atoms with Crippen LogP contribution in [0, 0.1) is 17.2 Å². The lowest BCUT2D eigenvalue weighted by Gasteiger charge is -2.34. The fourth-order valence-electron chi connectivity index (χ4n) is 4.16. The van der Waals surface area contributed by atoms with Gasteiger partial charge >= 0.3 is 0 Å². The molecule has 31 heavy (non-hydrogen) atoms. The predicted molar refractivity (Wildman–Crippen MR) is 117 cm³/mol. The average Bonchev–Trinajstić information content (AvgIpc) is 3.29. The molecule has 0 spiro atoms. The van der Waals surface area contributed by atoms with E-state index in [0.29, 0.717) is 48.6 Å². The van der Waals surface area contributed by atoms with Crippen molar-refractivity contribution in [2.75, 3.05) is 19.6 Å². The number of benzene rings is 2. The smallest absolute Gasteiger partial charge is 0.251 e. The fraction of sp³-hybridized carbons (Fsp3) is 0.348. The Balaban J connectivity index is 1.31. The maximum Gasteiger partial charge on any atom is 0.251 e. The molecule has 0 aliphatic carbocycles. The summed E-state index contributed by atoms with van der Waals surface area (Å²) < 4.78 is 0. The van der Waals surface area contributed by atoms with Gasteiger partial charge in [-0.1, -0.05) is 23.7 Å². The molecule has 0 radical (unpaired) electrons. The number of likely N-dealkylation sites (tertiary alicyclic amines) is 1. The third-order valence-electron chi connectivity index (χ3n) is 5.95. The van der Waals surface area contributed by atoms with Gasteiger partial charge in [-0.05, 0) is 54.8 Å². The van der Waals surface area contributed by atoms with Crippen LogP contribution < -0.4 is 16.2 Å². The molecule has 2 aliphatic heterocycles. The number of nitrogens with zero attached hydrogens (tertiary/aromatic N) is 2.